The van der Waals surface area contributed by atoms with Gasteiger partial charge in [0.1, 0.15) is 17.2 Å². The van der Waals surface area contributed by atoms with E-state index in [-0.39, 0.29) is 11.7 Å². The van der Waals surface area contributed by atoms with E-state index in [2.05, 4.69) is 15.0 Å². The first-order valence-corrected chi connectivity index (χ1v) is 10.2. The quantitative estimate of drug-likeness (QED) is 0.553. The molecule has 6 nitrogen and oxygen atoms in total. The van der Waals surface area contributed by atoms with Crippen LogP contribution in [0.5, 0.6) is 17.2 Å². The summed E-state index contributed by atoms with van der Waals surface area (Å²) in [5.41, 5.74) is 1.91. The summed E-state index contributed by atoms with van der Waals surface area (Å²) < 4.78 is 39.5. The number of ether oxygens (including phenoxy) is 3. The molecule has 0 aliphatic heterocycles. The lowest BCUT2D eigenvalue weighted by molar-refractivity contribution is -0.122. The van der Waals surface area contributed by atoms with Gasteiger partial charge in [-0.2, -0.15) is 8.78 Å². The van der Waals surface area contributed by atoms with Crippen molar-refractivity contribution in [1.29, 1.82) is 0 Å². The standard InChI is InChI=1S/C23H28F2N2O4/c1-29-20-9-10-21(30-2)17(13-20)14-27(18-5-6-18)15-22(28)26-12-11-16-3-7-19(8-4-16)31-23(24)25/h3-4,7-10,13,18,23H,5-6,11-12,14-15H2,1-2H3,(H,26,28). The molecule has 8 heteroatoms. The first-order chi connectivity index (χ1) is 15.0. The molecule has 3 rings (SSSR count). The molecule has 1 N–H and O–H groups in total. The van der Waals surface area contributed by atoms with Crippen LogP contribution in [0.2, 0.25) is 0 Å². The highest BCUT2D eigenvalue weighted by Crippen LogP contribution is 2.31. The van der Waals surface area contributed by atoms with Crippen molar-refractivity contribution in [3.05, 3.63) is 53.6 Å². The van der Waals surface area contributed by atoms with E-state index in [0.717, 1.165) is 35.5 Å². The van der Waals surface area contributed by atoms with Gasteiger partial charge in [0.05, 0.1) is 20.8 Å². The molecule has 1 aliphatic rings. The number of methoxy groups -OCH3 is 2. The van der Waals surface area contributed by atoms with Gasteiger partial charge in [-0.1, -0.05) is 12.1 Å². The predicted molar refractivity (Wildman–Crippen MR) is 113 cm³/mol. The molecule has 168 valence electrons. The number of rotatable bonds is 12. The highest BCUT2D eigenvalue weighted by atomic mass is 19.3. The zero-order valence-electron chi connectivity index (χ0n) is 17.8. The molecular weight excluding hydrogens is 406 g/mol. The molecule has 0 bridgehead atoms. The Morgan fingerprint density at radius 1 is 1.10 bits per heavy atom. The summed E-state index contributed by atoms with van der Waals surface area (Å²) in [4.78, 5) is 14.7. The number of carbonyl (C=O) groups is 1. The molecule has 1 amide bonds. The minimum absolute atomic E-state index is 0.0496. The van der Waals surface area contributed by atoms with Gasteiger partial charge in [-0.25, -0.2) is 0 Å². The van der Waals surface area contributed by atoms with Crippen LogP contribution >= 0.6 is 0 Å². The smallest absolute Gasteiger partial charge is 0.387 e. The van der Waals surface area contributed by atoms with Crippen molar-refractivity contribution in [2.75, 3.05) is 27.3 Å². The molecule has 0 atom stereocenters. The summed E-state index contributed by atoms with van der Waals surface area (Å²) in [6.45, 7) is -1.47. The summed E-state index contributed by atoms with van der Waals surface area (Å²) in [7, 11) is 3.25. The van der Waals surface area contributed by atoms with Crippen LogP contribution in [0.25, 0.3) is 0 Å². The molecular formula is C23H28F2N2O4. The number of carbonyl (C=O) groups excluding carboxylic acids is 1. The second-order valence-corrected chi connectivity index (χ2v) is 7.44. The van der Waals surface area contributed by atoms with Gasteiger partial charge in [0, 0.05) is 24.7 Å². The van der Waals surface area contributed by atoms with E-state index in [9.17, 15) is 13.6 Å². The second-order valence-electron chi connectivity index (χ2n) is 7.44. The topological polar surface area (TPSA) is 60.0 Å². The van der Waals surface area contributed by atoms with Crippen molar-refractivity contribution in [3.8, 4) is 17.2 Å². The summed E-state index contributed by atoms with van der Waals surface area (Å²) >= 11 is 0. The number of nitrogens with one attached hydrogen (secondary N) is 1. The normalized spacial score (nSPS) is 13.4. The van der Waals surface area contributed by atoms with Crippen LogP contribution in [0.3, 0.4) is 0 Å². The molecule has 2 aromatic rings. The number of amides is 1. The van der Waals surface area contributed by atoms with Crippen LogP contribution < -0.4 is 19.5 Å². The zero-order valence-corrected chi connectivity index (χ0v) is 17.8. The van der Waals surface area contributed by atoms with Gasteiger partial charge in [0.15, 0.2) is 0 Å². The predicted octanol–water partition coefficient (Wildman–Crippen LogP) is 3.63. The highest BCUT2D eigenvalue weighted by molar-refractivity contribution is 5.78. The number of hydrogen-bond donors (Lipinski definition) is 1. The minimum Gasteiger partial charge on any atom is -0.497 e. The summed E-state index contributed by atoms with van der Waals surface area (Å²) in [5, 5.41) is 2.94. The first kappa shape index (κ1) is 22.8. The monoisotopic (exact) mass is 434 g/mol. The van der Waals surface area contributed by atoms with E-state index >= 15 is 0 Å². The maximum atomic E-state index is 12.5. The third-order valence-electron chi connectivity index (χ3n) is 5.16. The highest BCUT2D eigenvalue weighted by Gasteiger charge is 2.31. The lowest BCUT2D eigenvalue weighted by Gasteiger charge is -2.23. The fourth-order valence-electron chi connectivity index (χ4n) is 3.40. The van der Waals surface area contributed by atoms with Crippen molar-refractivity contribution in [2.45, 2.75) is 38.5 Å². The minimum atomic E-state index is -2.84. The van der Waals surface area contributed by atoms with Crippen LogP contribution in [0.15, 0.2) is 42.5 Å². The van der Waals surface area contributed by atoms with Gasteiger partial charge in [0.2, 0.25) is 5.91 Å². The fraction of sp³-hybridized carbons (Fsp3) is 0.435. The number of nitrogens with zero attached hydrogens (tertiary/aromatic N) is 1. The van der Waals surface area contributed by atoms with E-state index in [1.807, 2.05) is 18.2 Å². The Balaban J connectivity index is 1.50. The first-order valence-electron chi connectivity index (χ1n) is 10.2. The largest absolute Gasteiger partial charge is 0.497 e. The van der Waals surface area contributed by atoms with Crippen molar-refractivity contribution in [1.82, 2.24) is 10.2 Å². The molecule has 1 saturated carbocycles. The van der Waals surface area contributed by atoms with Crippen LogP contribution in [-0.2, 0) is 17.8 Å². The van der Waals surface area contributed by atoms with Gasteiger partial charge in [-0.15, -0.1) is 0 Å². The maximum absolute atomic E-state index is 12.5. The van der Waals surface area contributed by atoms with Crippen molar-refractivity contribution in [3.63, 3.8) is 0 Å². The van der Waals surface area contributed by atoms with E-state index < -0.39 is 6.61 Å². The molecule has 0 unspecified atom stereocenters. The molecule has 0 aromatic heterocycles. The number of alkyl halides is 2. The fourth-order valence-corrected chi connectivity index (χ4v) is 3.40. The number of hydrogen-bond acceptors (Lipinski definition) is 5. The van der Waals surface area contributed by atoms with E-state index in [0.29, 0.717) is 32.1 Å². The molecule has 1 fully saturated rings. The third-order valence-corrected chi connectivity index (χ3v) is 5.16. The Labute approximate surface area is 181 Å². The van der Waals surface area contributed by atoms with Crippen molar-refractivity contribution < 1.29 is 27.8 Å². The molecule has 31 heavy (non-hydrogen) atoms. The zero-order chi connectivity index (χ0) is 22.2. The van der Waals surface area contributed by atoms with E-state index in [1.165, 1.54) is 12.1 Å². The van der Waals surface area contributed by atoms with Gasteiger partial charge in [0.25, 0.3) is 0 Å². The Hall–Kier alpha value is -2.87. The van der Waals surface area contributed by atoms with Gasteiger partial charge in [-0.05, 0) is 55.2 Å². The Bertz CT molecular complexity index is 857. The average molecular weight is 434 g/mol. The molecule has 1 aliphatic carbocycles. The van der Waals surface area contributed by atoms with Crippen LogP contribution in [-0.4, -0.2) is 50.8 Å². The molecule has 2 aromatic carbocycles. The lowest BCUT2D eigenvalue weighted by Crippen LogP contribution is -2.38. The SMILES string of the molecule is COc1ccc(OC)c(CN(CC(=O)NCCc2ccc(OC(F)F)cc2)C2CC2)c1. The summed E-state index contributed by atoms with van der Waals surface area (Å²) in [6, 6.07) is 12.5. The van der Waals surface area contributed by atoms with Crippen LogP contribution in [0.1, 0.15) is 24.0 Å². The molecule has 0 saturated heterocycles. The van der Waals surface area contributed by atoms with Crippen LogP contribution in [0.4, 0.5) is 8.78 Å². The Morgan fingerprint density at radius 2 is 1.81 bits per heavy atom. The number of benzene rings is 2. The second kappa shape index (κ2) is 10.9. The molecule has 0 heterocycles. The average Bonchev–Trinajstić information content (AvgIpc) is 3.59. The molecule has 0 radical (unpaired) electrons. The van der Waals surface area contributed by atoms with E-state index in [4.69, 9.17) is 9.47 Å². The number of halogens is 2. The van der Waals surface area contributed by atoms with E-state index in [1.54, 1.807) is 26.4 Å². The van der Waals surface area contributed by atoms with Crippen molar-refractivity contribution >= 4 is 5.91 Å². The Morgan fingerprint density at radius 3 is 2.42 bits per heavy atom. The van der Waals surface area contributed by atoms with Gasteiger partial charge >= 0.3 is 6.61 Å². The molecule has 0 spiro atoms. The maximum Gasteiger partial charge on any atom is 0.387 e. The van der Waals surface area contributed by atoms with Gasteiger partial charge < -0.3 is 19.5 Å². The third kappa shape index (κ3) is 7.10. The summed E-state index contributed by atoms with van der Waals surface area (Å²) in [5.74, 6) is 1.59. The summed E-state index contributed by atoms with van der Waals surface area (Å²) in [6.07, 6.45) is 2.76. The van der Waals surface area contributed by atoms with Crippen molar-refractivity contribution in [2.24, 2.45) is 0 Å². The lowest BCUT2D eigenvalue weighted by atomic mass is 10.1. The van der Waals surface area contributed by atoms with Crippen LogP contribution in [0, 0.1) is 0 Å². The Kier molecular flexibility index (Phi) is 8.06. The van der Waals surface area contributed by atoms with Gasteiger partial charge in [-0.3, -0.25) is 9.69 Å².